The number of amides is 5. The summed E-state index contributed by atoms with van der Waals surface area (Å²) in [5.74, 6) is -1.73. The first-order valence-electron chi connectivity index (χ1n) is 14.3. The molecule has 4 atom stereocenters. The molecule has 0 saturated carbocycles. The van der Waals surface area contributed by atoms with Crippen LogP contribution in [0.1, 0.15) is 66.9 Å². The van der Waals surface area contributed by atoms with Crippen molar-refractivity contribution < 1.29 is 28.7 Å². The number of likely N-dealkylation sites (N-methyl/N-ethyl adjacent to an activating group) is 1. The first-order chi connectivity index (χ1) is 19.5. The molecule has 0 aliphatic heterocycles. The molecular weight excluding hydrogens is 558 g/mol. The van der Waals surface area contributed by atoms with Crippen LogP contribution < -0.4 is 26.6 Å². The van der Waals surface area contributed by atoms with Gasteiger partial charge in [-0.25, -0.2) is 4.79 Å². The summed E-state index contributed by atoms with van der Waals surface area (Å²) in [6.07, 6.45) is 0.256. The van der Waals surface area contributed by atoms with Crippen LogP contribution in [0.4, 0.5) is 4.79 Å². The maximum atomic E-state index is 13.3. The summed E-state index contributed by atoms with van der Waals surface area (Å²) in [5, 5.41) is 12.3. The second-order valence-electron chi connectivity index (χ2n) is 12.1. The normalized spacial score (nSPS) is 14.3. The van der Waals surface area contributed by atoms with E-state index in [0.29, 0.717) is 12.8 Å². The Hall–Kier alpha value is -3.28. The summed E-state index contributed by atoms with van der Waals surface area (Å²) in [6.45, 7) is 12.7. The lowest BCUT2D eigenvalue weighted by molar-refractivity contribution is -0.132. The second-order valence-corrected chi connectivity index (χ2v) is 12.8. The topological polar surface area (TPSA) is 155 Å². The van der Waals surface area contributed by atoms with E-state index < -0.39 is 52.8 Å². The Morgan fingerprint density at radius 3 is 1.79 bits per heavy atom. The lowest BCUT2D eigenvalue weighted by Crippen LogP contribution is -2.56. The lowest BCUT2D eigenvalue weighted by atomic mass is 10.0. The smallest absolute Gasteiger partial charge is 0.408 e. The number of ether oxygens (including phenoxy) is 1. The number of carbonyl (C=O) groups excluding carboxylic acids is 5. The van der Waals surface area contributed by atoms with Gasteiger partial charge in [-0.2, -0.15) is 12.6 Å². The van der Waals surface area contributed by atoms with Crippen molar-refractivity contribution in [3.8, 4) is 0 Å². The fourth-order valence-corrected chi connectivity index (χ4v) is 4.21. The Morgan fingerprint density at radius 2 is 1.29 bits per heavy atom. The van der Waals surface area contributed by atoms with Crippen LogP contribution in [0.15, 0.2) is 30.3 Å². The van der Waals surface area contributed by atoms with Crippen molar-refractivity contribution in [3.05, 3.63) is 35.9 Å². The summed E-state index contributed by atoms with van der Waals surface area (Å²) in [6, 6.07) is 6.67. The predicted molar refractivity (Wildman–Crippen MR) is 166 cm³/mol. The van der Waals surface area contributed by atoms with Gasteiger partial charge in [-0.15, -0.1) is 0 Å². The predicted octanol–water partition coefficient (Wildman–Crippen LogP) is 2.34. The van der Waals surface area contributed by atoms with Crippen molar-refractivity contribution in [1.82, 2.24) is 26.6 Å². The molecule has 0 aliphatic rings. The standard InChI is InChI=1S/C30H49N5O6S/c1-18(2)14-21(35-29(40)41-30(5,6)7)26(37)32-17-24(42)28(39)34-22(15-19(3)4)27(38)33-23(25(36)31-8)16-20-12-10-9-11-13-20/h9-13,18-19,21-24,42H,14-17H2,1-8H3,(H,31,36)(H,32,37)(H,33,38)(H,34,39)(H,35,40)/t21-,22-,23-,24?/m0/s1. The van der Waals surface area contributed by atoms with Crippen molar-refractivity contribution >= 4 is 42.4 Å². The average Bonchev–Trinajstić information content (AvgIpc) is 2.88. The van der Waals surface area contributed by atoms with Gasteiger partial charge in [0.05, 0.1) is 5.25 Å². The number of alkyl carbamates (subject to hydrolysis) is 1. The van der Waals surface area contributed by atoms with E-state index in [2.05, 4.69) is 39.2 Å². The molecule has 0 saturated heterocycles. The Kier molecular flexibility index (Phi) is 15.4. The van der Waals surface area contributed by atoms with E-state index in [9.17, 15) is 24.0 Å². The van der Waals surface area contributed by atoms with Crippen LogP contribution in [-0.2, 0) is 30.3 Å². The van der Waals surface area contributed by atoms with Crippen molar-refractivity contribution in [2.75, 3.05) is 13.6 Å². The van der Waals surface area contributed by atoms with Gasteiger partial charge in [0.15, 0.2) is 0 Å². The molecule has 1 aromatic rings. The molecule has 236 valence electrons. The molecule has 1 aromatic carbocycles. The van der Waals surface area contributed by atoms with Gasteiger partial charge in [-0.3, -0.25) is 19.2 Å². The molecule has 0 spiro atoms. The summed E-state index contributed by atoms with van der Waals surface area (Å²) in [5.41, 5.74) is 0.150. The molecule has 5 amide bonds. The fraction of sp³-hybridized carbons (Fsp3) is 0.633. The van der Waals surface area contributed by atoms with Crippen LogP contribution in [-0.4, -0.2) is 72.3 Å². The van der Waals surface area contributed by atoms with E-state index in [1.165, 1.54) is 7.05 Å². The van der Waals surface area contributed by atoms with Gasteiger partial charge in [-0.05, 0) is 51.0 Å². The van der Waals surface area contributed by atoms with E-state index in [4.69, 9.17) is 4.74 Å². The van der Waals surface area contributed by atoms with Crippen molar-refractivity contribution in [3.63, 3.8) is 0 Å². The number of hydrogen-bond acceptors (Lipinski definition) is 7. The number of rotatable bonds is 15. The van der Waals surface area contributed by atoms with Crippen molar-refractivity contribution in [2.45, 2.75) is 96.7 Å². The minimum absolute atomic E-state index is 0.0578. The van der Waals surface area contributed by atoms with Gasteiger partial charge in [-0.1, -0.05) is 58.0 Å². The van der Waals surface area contributed by atoms with Crippen LogP contribution in [0.5, 0.6) is 0 Å². The number of nitrogens with one attached hydrogen (secondary N) is 5. The third kappa shape index (κ3) is 14.6. The minimum atomic E-state index is -0.975. The van der Waals surface area contributed by atoms with Crippen molar-refractivity contribution in [1.29, 1.82) is 0 Å². The highest BCUT2D eigenvalue weighted by molar-refractivity contribution is 7.81. The third-order valence-electron chi connectivity index (χ3n) is 5.99. The highest BCUT2D eigenvalue weighted by atomic mass is 32.1. The van der Waals surface area contributed by atoms with Crippen LogP contribution in [0.25, 0.3) is 0 Å². The number of benzene rings is 1. The molecule has 1 unspecified atom stereocenters. The molecule has 0 aromatic heterocycles. The van der Waals surface area contributed by atoms with Crippen LogP contribution in [0, 0.1) is 11.8 Å². The Balaban J connectivity index is 2.87. The van der Waals surface area contributed by atoms with Gasteiger partial charge in [0.1, 0.15) is 23.7 Å². The van der Waals surface area contributed by atoms with Crippen LogP contribution in [0.2, 0.25) is 0 Å². The van der Waals surface area contributed by atoms with Gasteiger partial charge >= 0.3 is 6.09 Å². The van der Waals surface area contributed by atoms with E-state index in [0.717, 1.165) is 5.56 Å². The summed E-state index contributed by atoms with van der Waals surface area (Å²) in [4.78, 5) is 64.0. The van der Waals surface area contributed by atoms with E-state index in [-0.39, 0.29) is 30.7 Å². The fourth-order valence-electron chi connectivity index (χ4n) is 4.04. The van der Waals surface area contributed by atoms with Gasteiger partial charge in [0.25, 0.3) is 0 Å². The Bertz CT molecular complexity index is 1040. The average molecular weight is 608 g/mol. The number of hydrogen-bond donors (Lipinski definition) is 6. The zero-order chi connectivity index (χ0) is 32.0. The van der Waals surface area contributed by atoms with E-state index >= 15 is 0 Å². The lowest BCUT2D eigenvalue weighted by Gasteiger charge is -2.26. The molecule has 0 bridgehead atoms. The van der Waals surface area contributed by atoms with Crippen LogP contribution in [0.3, 0.4) is 0 Å². The first kappa shape index (κ1) is 36.7. The maximum Gasteiger partial charge on any atom is 0.408 e. The zero-order valence-corrected chi connectivity index (χ0v) is 27.0. The molecule has 0 fully saturated rings. The first-order valence-corrected chi connectivity index (χ1v) is 14.9. The Labute approximate surface area is 255 Å². The van der Waals surface area contributed by atoms with Gasteiger partial charge < -0.3 is 31.3 Å². The molecule has 11 nitrogen and oxygen atoms in total. The van der Waals surface area contributed by atoms with Gasteiger partial charge in [0, 0.05) is 20.0 Å². The van der Waals surface area contributed by atoms with E-state index in [1.807, 2.05) is 58.0 Å². The summed E-state index contributed by atoms with van der Waals surface area (Å²) >= 11 is 4.35. The quantitative estimate of drug-likeness (QED) is 0.168. The highest BCUT2D eigenvalue weighted by Gasteiger charge is 2.30. The molecule has 0 aliphatic carbocycles. The molecule has 5 N–H and O–H groups in total. The zero-order valence-electron chi connectivity index (χ0n) is 26.1. The Morgan fingerprint density at radius 1 is 0.762 bits per heavy atom. The van der Waals surface area contributed by atoms with E-state index in [1.54, 1.807) is 20.8 Å². The van der Waals surface area contributed by atoms with Crippen molar-refractivity contribution in [2.24, 2.45) is 11.8 Å². The maximum absolute atomic E-state index is 13.3. The summed E-state index contributed by atoms with van der Waals surface area (Å²) < 4.78 is 5.27. The number of carbonyl (C=O) groups is 5. The second kappa shape index (κ2) is 17.6. The SMILES string of the molecule is CNC(=O)[C@H](Cc1ccccc1)NC(=O)[C@H](CC(C)C)NC(=O)C(S)CNC(=O)[C@H](CC(C)C)NC(=O)OC(C)(C)C. The third-order valence-corrected chi connectivity index (χ3v) is 6.41. The molecule has 12 heteroatoms. The largest absolute Gasteiger partial charge is 0.444 e. The minimum Gasteiger partial charge on any atom is -0.444 e. The summed E-state index contributed by atoms with van der Waals surface area (Å²) in [7, 11) is 1.49. The molecular formula is C30H49N5O6S. The number of thiol groups is 1. The molecule has 0 radical (unpaired) electrons. The molecule has 1 rings (SSSR count). The van der Waals surface area contributed by atoms with Crippen LogP contribution >= 0.6 is 12.6 Å². The molecule has 42 heavy (non-hydrogen) atoms. The van der Waals surface area contributed by atoms with Gasteiger partial charge in [0.2, 0.25) is 23.6 Å². The molecule has 0 heterocycles. The highest BCUT2D eigenvalue weighted by Crippen LogP contribution is 2.11. The monoisotopic (exact) mass is 607 g/mol.